The van der Waals surface area contributed by atoms with Crippen LogP contribution in [0.15, 0.2) is 30.3 Å². The van der Waals surface area contributed by atoms with E-state index in [0.717, 1.165) is 22.6 Å². The first-order valence-electron chi connectivity index (χ1n) is 7.93. The Morgan fingerprint density at radius 2 is 1.83 bits per heavy atom. The van der Waals surface area contributed by atoms with Crippen molar-refractivity contribution in [2.24, 2.45) is 5.92 Å². The van der Waals surface area contributed by atoms with Crippen LogP contribution >= 0.6 is 0 Å². The van der Waals surface area contributed by atoms with E-state index in [-0.39, 0.29) is 18.2 Å². The SMILES string of the molecule is Cc1cc(C)nc(NC(=O)[C@@H]2CC(=O)N(c3ccccc3C)C2)n1. The first-order chi connectivity index (χ1) is 11.4. The number of para-hydroxylation sites is 1. The highest BCUT2D eigenvalue weighted by Crippen LogP contribution is 2.28. The Morgan fingerprint density at radius 1 is 1.17 bits per heavy atom. The molecule has 1 saturated heterocycles. The van der Waals surface area contributed by atoms with Crippen molar-refractivity contribution < 1.29 is 9.59 Å². The zero-order valence-electron chi connectivity index (χ0n) is 14.0. The van der Waals surface area contributed by atoms with Gasteiger partial charge in [0.25, 0.3) is 0 Å². The molecule has 2 amide bonds. The highest BCUT2D eigenvalue weighted by molar-refractivity contribution is 6.03. The van der Waals surface area contributed by atoms with E-state index in [0.29, 0.717) is 12.5 Å². The fraction of sp³-hybridized carbons (Fsp3) is 0.333. The summed E-state index contributed by atoms with van der Waals surface area (Å²) in [5, 5.41) is 2.73. The maximum Gasteiger partial charge on any atom is 0.232 e. The molecule has 1 aliphatic rings. The standard InChI is InChI=1S/C18H20N4O2/c1-11-6-4-5-7-15(11)22-10-14(9-16(22)23)17(24)21-18-19-12(2)8-13(3)20-18/h4-8,14H,9-10H2,1-3H3,(H,19,20,21,24)/t14-/m1/s1. The number of amides is 2. The number of aromatic nitrogens is 2. The largest absolute Gasteiger partial charge is 0.311 e. The van der Waals surface area contributed by atoms with Gasteiger partial charge in [-0.1, -0.05) is 18.2 Å². The van der Waals surface area contributed by atoms with Gasteiger partial charge in [-0.2, -0.15) is 0 Å². The van der Waals surface area contributed by atoms with Gasteiger partial charge in [-0.15, -0.1) is 0 Å². The second kappa shape index (κ2) is 6.39. The summed E-state index contributed by atoms with van der Waals surface area (Å²) in [5.41, 5.74) is 3.47. The maximum absolute atomic E-state index is 12.5. The van der Waals surface area contributed by atoms with E-state index in [1.54, 1.807) is 4.90 Å². The van der Waals surface area contributed by atoms with Crippen molar-refractivity contribution in [2.45, 2.75) is 27.2 Å². The van der Waals surface area contributed by atoms with Crippen molar-refractivity contribution >= 4 is 23.5 Å². The highest BCUT2D eigenvalue weighted by Gasteiger charge is 2.35. The van der Waals surface area contributed by atoms with Crippen LogP contribution in [-0.2, 0) is 9.59 Å². The number of hydrogen-bond acceptors (Lipinski definition) is 4. The Kier molecular flexibility index (Phi) is 4.29. The third-order valence-electron chi connectivity index (χ3n) is 4.12. The molecule has 1 aliphatic heterocycles. The molecule has 0 spiro atoms. The molecule has 6 nitrogen and oxygen atoms in total. The second-order valence-electron chi connectivity index (χ2n) is 6.16. The maximum atomic E-state index is 12.5. The average Bonchev–Trinajstić information content (AvgIpc) is 2.88. The van der Waals surface area contributed by atoms with Crippen LogP contribution in [0.3, 0.4) is 0 Å². The summed E-state index contributed by atoms with van der Waals surface area (Å²) in [6.07, 6.45) is 0.199. The fourth-order valence-electron chi connectivity index (χ4n) is 2.98. The number of rotatable bonds is 3. The molecule has 6 heteroatoms. The first kappa shape index (κ1) is 16.1. The molecule has 0 aliphatic carbocycles. The highest BCUT2D eigenvalue weighted by atomic mass is 16.2. The monoisotopic (exact) mass is 324 g/mol. The lowest BCUT2D eigenvalue weighted by molar-refractivity contribution is -0.122. The third kappa shape index (κ3) is 3.27. The number of anilines is 2. The van der Waals surface area contributed by atoms with Gasteiger partial charge < -0.3 is 4.90 Å². The summed E-state index contributed by atoms with van der Waals surface area (Å²) in [6.45, 7) is 6.03. The second-order valence-corrected chi connectivity index (χ2v) is 6.16. The predicted octanol–water partition coefficient (Wildman–Crippen LogP) is 2.39. The predicted molar refractivity (Wildman–Crippen MR) is 91.8 cm³/mol. The molecule has 1 atom stereocenters. The number of hydrogen-bond donors (Lipinski definition) is 1. The van der Waals surface area contributed by atoms with Crippen molar-refractivity contribution in [3.63, 3.8) is 0 Å². The van der Waals surface area contributed by atoms with Crippen LogP contribution in [0, 0.1) is 26.7 Å². The molecule has 1 aromatic carbocycles. The van der Waals surface area contributed by atoms with Gasteiger partial charge in [0.15, 0.2) is 0 Å². The van der Waals surface area contributed by atoms with E-state index < -0.39 is 5.92 Å². The summed E-state index contributed by atoms with van der Waals surface area (Å²) in [5.74, 6) is -0.365. The average molecular weight is 324 g/mol. The molecule has 24 heavy (non-hydrogen) atoms. The number of nitrogens with zero attached hydrogens (tertiary/aromatic N) is 3. The lowest BCUT2D eigenvalue weighted by Crippen LogP contribution is -2.29. The van der Waals surface area contributed by atoms with Gasteiger partial charge in [-0.3, -0.25) is 14.9 Å². The Hall–Kier alpha value is -2.76. The van der Waals surface area contributed by atoms with Gasteiger partial charge in [-0.25, -0.2) is 9.97 Å². The molecule has 1 N–H and O–H groups in total. The number of benzene rings is 1. The molecular weight excluding hydrogens is 304 g/mol. The van der Waals surface area contributed by atoms with E-state index in [4.69, 9.17) is 0 Å². The van der Waals surface area contributed by atoms with E-state index in [2.05, 4.69) is 15.3 Å². The zero-order valence-corrected chi connectivity index (χ0v) is 14.0. The van der Waals surface area contributed by atoms with Gasteiger partial charge in [0.05, 0.1) is 5.92 Å². The molecule has 0 radical (unpaired) electrons. The summed E-state index contributed by atoms with van der Waals surface area (Å²) in [4.78, 5) is 34.9. The number of nitrogens with one attached hydrogen (secondary N) is 1. The minimum atomic E-state index is -0.401. The quantitative estimate of drug-likeness (QED) is 0.940. The lowest BCUT2D eigenvalue weighted by atomic mass is 10.1. The normalized spacial score (nSPS) is 17.2. The Bertz CT molecular complexity index is 783. The molecule has 0 saturated carbocycles. The topological polar surface area (TPSA) is 75.2 Å². The van der Waals surface area contributed by atoms with Crippen LogP contribution in [-0.4, -0.2) is 28.3 Å². The van der Waals surface area contributed by atoms with Gasteiger partial charge >= 0.3 is 0 Å². The van der Waals surface area contributed by atoms with Crippen LogP contribution < -0.4 is 10.2 Å². The van der Waals surface area contributed by atoms with Crippen LogP contribution in [0.2, 0.25) is 0 Å². The number of carbonyl (C=O) groups is 2. The van der Waals surface area contributed by atoms with Crippen LogP contribution in [0.25, 0.3) is 0 Å². The fourth-order valence-corrected chi connectivity index (χ4v) is 2.98. The zero-order chi connectivity index (χ0) is 17.3. The number of carbonyl (C=O) groups excluding carboxylic acids is 2. The molecule has 2 heterocycles. The van der Waals surface area contributed by atoms with Crippen LogP contribution in [0.4, 0.5) is 11.6 Å². The van der Waals surface area contributed by atoms with Gasteiger partial charge in [0.2, 0.25) is 17.8 Å². The summed E-state index contributed by atoms with van der Waals surface area (Å²) in [6, 6.07) is 9.53. The van der Waals surface area contributed by atoms with Crippen molar-refractivity contribution in [3.8, 4) is 0 Å². The van der Waals surface area contributed by atoms with E-state index in [1.165, 1.54) is 0 Å². The summed E-state index contributed by atoms with van der Waals surface area (Å²) >= 11 is 0. The molecule has 1 aromatic heterocycles. The van der Waals surface area contributed by atoms with Crippen molar-refractivity contribution in [1.29, 1.82) is 0 Å². The molecule has 3 rings (SSSR count). The van der Waals surface area contributed by atoms with Crippen molar-refractivity contribution in [3.05, 3.63) is 47.3 Å². The van der Waals surface area contributed by atoms with E-state index >= 15 is 0 Å². The summed E-state index contributed by atoms with van der Waals surface area (Å²) < 4.78 is 0. The molecular formula is C18H20N4O2. The molecule has 0 bridgehead atoms. The van der Waals surface area contributed by atoms with E-state index in [9.17, 15) is 9.59 Å². The Balaban J connectivity index is 1.73. The minimum absolute atomic E-state index is 0.0363. The summed E-state index contributed by atoms with van der Waals surface area (Å²) in [7, 11) is 0. The Morgan fingerprint density at radius 3 is 2.50 bits per heavy atom. The smallest absolute Gasteiger partial charge is 0.232 e. The molecule has 2 aromatic rings. The van der Waals surface area contributed by atoms with Crippen molar-refractivity contribution in [2.75, 3.05) is 16.8 Å². The Labute approximate surface area is 140 Å². The molecule has 1 fully saturated rings. The number of aryl methyl sites for hydroxylation is 3. The first-order valence-corrected chi connectivity index (χ1v) is 7.93. The lowest BCUT2D eigenvalue weighted by Gasteiger charge is -2.18. The third-order valence-corrected chi connectivity index (χ3v) is 4.12. The van der Waals surface area contributed by atoms with Crippen molar-refractivity contribution in [1.82, 2.24) is 9.97 Å². The van der Waals surface area contributed by atoms with Gasteiger partial charge in [-0.05, 0) is 38.5 Å². The molecule has 0 unspecified atom stereocenters. The molecule has 124 valence electrons. The van der Waals surface area contributed by atoms with Gasteiger partial charge in [0.1, 0.15) is 0 Å². The minimum Gasteiger partial charge on any atom is -0.311 e. The van der Waals surface area contributed by atoms with Crippen LogP contribution in [0.1, 0.15) is 23.4 Å². The van der Waals surface area contributed by atoms with E-state index in [1.807, 2.05) is 51.1 Å². The van der Waals surface area contributed by atoms with Gasteiger partial charge in [0, 0.05) is 30.0 Å². The van der Waals surface area contributed by atoms with Crippen LogP contribution in [0.5, 0.6) is 0 Å².